The number of rotatable bonds is 1. The Bertz CT molecular complexity index is 188. The van der Waals surface area contributed by atoms with Gasteiger partial charge in [-0.2, -0.15) is 0 Å². The van der Waals surface area contributed by atoms with Crippen LogP contribution < -0.4 is 0 Å². The van der Waals surface area contributed by atoms with Crippen molar-refractivity contribution in [1.82, 2.24) is 4.90 Å². The number of amides is 1. The van der Waals surface area contributed by atoms with Crippen LogP contribution in [0.3, 0.4) is 0 Å². The first-order valence-corrected chi connectivity index (χ1v) is 3.39. The molecule has 2 heterocycles. The maximum Gasteiger partial charge on any atom is 0.213 e. The number of nitrogens with zero attached hydrogens (tertiary/aromatic N) is 1. The molecule has 0 saturated carbocycles. The molecule has 0 spiro atoms. The summed E-state index contributed by atoms with van der Waals surface area (Å²) >= 11 is 0. The molecule has 1 fully saturated rings. The lowest BCUT2D eigenvalue weighted by atomic mass is 10.1. The summed E-state index contributed by atoms with van der Waals surface area (Å²) in [4.78, 5) is 12.0. The zero-order chi connectivity index (χ0) is 6.97. The Balaban J connectivity index is 2.14. The molecule has 0 N–H and O–H groups in total. The highest BCUT2D eigenvalue weighted by atomic mass is 16.5. The van der Waals surface area contributed by atoms with E-state index >= 15 is 0 Å². The van der Waals surface area contributed by atoms with Gasteiger partial charge in [0.25, 0.3) is 0 Å². The number of hydrogen-bond donors (Lipinski definition) is 0. The highest BCUT2D eigenvalue weighted by Gasteiger charge is 2.28. The van der Waals surface area contributed by atoms with Gasteiger partial charge < -0.3 is 9.64 Å². The van der Waals surface area contributed by atoms with Gasteiger partial charge >= 0.3 is 0 Å². The summed E-state index contributed by atoms with van der Waals surface area (Å²) < 4.78 is 5.19. The van der Waals surface area contributed by atoms with E-state index in [0.29, 0.717) is 5.92 Å². The summed E-state index contributed by atoms with van der Waals surface area (Å²) in [5.74, 6) is 0.491. The van der Waals surface area contributed by atoms with E-state index in [1.54, 1.807) is 4.90 Å². The lowest BCUT2D eigenvalue weighted by Gasteiger charge is -2.06. The molecule has 0 aromatic heterocycles. The van der Waals surface area contributed by atoms with Crippen LogP contribution in [0, 0.1) is 5.92 Å². The van der Waals surface area contributed by atoms with Gasteiger partial charge in [0.1, 0.15) is 0 Å². The van der Waals surface area contributed by atoms with Gasteiger partial charge in [-0.1, -0.05) is 0 Å². The quantitative estimate of drug-likeness (QED) is 0.478. The smallest absolute Gasteiger partial charge is 0.213 e. The van der Waals surface area contributed by atoms with Gasteiger partial charge in [-0.15, -0.1) is 0 Å². The molecule has 54 valence electrons. The Hall–Kier alpha value is -0.830. The fourth-order valence-electron chi connectivity index (χ4n) is 1.45. The molecule has 0 radical (unpaired) electrons. The minimum absolute atomic E-state index is 0.491. The molecule has 1 atom stereocenters. The predicted octanol–water partition coefficient (Wildman–Crippen LogP) is -0.0113. The van der Waals surface area contributed by atoms with E-state index in [9.17, 15) is 4.79 Å². The predicted molar refractivity (Wildman–Crippen MR) is 35.2 cm³/mol. The molecule has 0 aromatic rings. The SMILES string of the molecule is O=CN1C=C2COCC2C1. The molecule has 3 nitrogen and oxygen atoms in total. The van der Waals surface area contributed by atoms with Crippen LogP contribution in [0.25, 0.3) is 0 Å². The highest BCUT2D eigenvalue weighted by Crippen LogP contribution is 2.26. The largest absolute Gasteiger partial charge is 0.376 e. The zero-order valence-electron chi connectivity index (χ0n) is 5.62. The fraction of sp³-hybridized carbons (Fsp3) is 0.571. The van der Waals surface area contributed by atoms with Crippen LogP contribution in [0.4, 0.5) is 0 Å². The van der Waals surface area contributed by atoms with Gasteiger partial charge in [0.15, 0.2) is 0 Å². The van der Waals surface area contributed by atoms with E-state index in [-0.39, 0.29) is 0 Å². The monoisotopic (exact) mass is 139 g/mol. The molecule has 1 unspecified atom stereocenters. The van der Waals surface area contributed by atoms with Crippen molar-refractivity contribution in [3.05, 3.63) is 11.8 Å². The minimum atomic E-state index is 0.491. The maximum absolute atomic E-state index is 10.3. The molecular weight excluding hydrogens is 130 g/mol. The van der Waals surface area contributed by atoms with Crippen molar-refractivity contribution in [2.75, 3.05) is 19.8 Å². The van der Waals surface area contributed by atoms with Crippen molar-refractivity contribution in [2.45, 2.75) is 0 Å². The summed E-state index contributed by atoms with van der Waals surface area (Å²) in [5, 5.41) is 0. The molecule has 1 saturated heterocycles. The molecular formula is C7H9NO2. The van der Waals surface area contributed by atoms with Gasteiger partial charge in [-0.3, -0.25) is 4.79 Å². The van der Waals surface area contributed by atoms with Crippen molar-refractivity contribution < 1.29 is 9.53 Å². The fourth-order valence-corrected chi connectivity index (χ4v) is 1.45. The van der Waals surface area contributed by atoms with Crippen molar-refractivity contribution in [1.29, 1.82) is 0 Å². The lowest BCUT2D eigenvalue weighted by Crippen LogP contribution is -2.17. The third kappa shape index (κ3) is 0.743. The van der Waals surface area contributed by atoms with Gasteiger partial charge in [-0.25, -0.2) is 0 Å². The van der Waals surface area contributed by atoms with Crippen molar-refractivity contribution in [2.24, 2.45) is 5.92 Å². The third-order valence-electron chi connectivity index (χ3n) is 2.01. The van der Waals surface area contributed by atoms with Crippen LogP contribution in [0.5, 0.6) is 0 Å². The second kappa shape index (κ2) is 2.09. The molecule has 2 rings (SSSR count). The van der Waals surface area contributed by atoms with Crippen LogP contribution >= 0.6 is 0 Å². The average molecular weight is 139 g/mol. The Kier molecular flexibility index (Phi) is 1.24. The van der Waals surface area contributed by atoms with Gasteiger partial charge in [0.05, 0.1) is 13.2 Å². The number of carbonyl (C=O) groups excluding carboxylic acids is 1. The Labute approximate surface area is 59.3 Å². The van der Waals surface area contributed by atoms with Gasteiger partial charge in [0.2, 0.25) is 6.41 Å². The van der Waals surface area contributed by atoms with Crippen LogP contribution in [-0.4, -0.2) is 31.1 Å². The summed E-state index contributed by atoms with van der Waals surface area (Å²) in [6, 6.07) is 0. The van der Waals surface area contributed by atoms with Gasteiger partial charge in [0, 0.05) is 18.7 Å². The molecule has 0 bridgehead atoms. The van der Waals surface area contributed by atoms with E-state index in [0.717, 1.165) is 26.2 Å². The number of carbonyl (C=O) groups is 1. The molecule has 10 heavy (non-hydrogen) atoms. The van der Waals surface area contributed by atoms with E-state index in [4.69, 9.17) is 4.74 Å². The van der Waals surface area contributed by atoms with Crippen LogP contribution in [0.1, 0.15) is 0 Å². The molecule has 0 aromatic carbocycles. The van der Waals surface area contributed by atoms with Crippen molar-refractivity contribution in [3.8, 4) is 0 Å². The van der Waals surface area contributed by atoms with Crippen LogP contribution in [-0.2, 0) is 9.53 Å². The number of fused-ring (bicyclic) bond motifs is 1. The van der Waals surface area contributed by atoms with E-state index in [2.05, 4.69) is 0 Å². The first-order chi connectivity index (χ1) is 4.90. The summed E-state index contributed by atoms with van der Waals surface area (Å²) in [5.41, 5.74) is 1.27. The second-order valence-corrected chi connectivity index (χ2v) is 2.72. The maximum atomic E-state index is 10.3. The van der Waals surface area contributed by atoms with E-state index < -0.39 is 0 Å². The number of hydrogen-bond acceptors (Lipinski definition) is 2. The van der Waals surface area contributed by atoms with Crippen LogP contribution in [0.2, 0.25) is 0 Å². The standard InChI is InChI=1S/C7H9NO2/c9-5-8-1-6-3-10-4-7(6)2-8/h1,5,7H,2-4H2. The first kappa shape index (κ1) is 5.92. The lowest BCUT2D eigenvalue weighted by molar-refractivity contribution is -0.115. The molecule has 3 heteroatoms. The van der Waals surface area contributed by atoms with E-state index in [1.165, 1.54) is 5.57 Å². The molecule has 1 amide bonds. The zero-order valence-corrected chi connectivity index (χ0v) is 5.62. The summed E-state index contributed by atoms with van der Waals surface area (Å²) in [7, 11) is 0. The summed E-state index contributed by atoms with van der Waals surface area (Å²) in [6.07, 6.45) is 2.76. The second-order valence-electron chi connectivity index (χ2n) is 2.72. The van der Waals surface area contributed by atoms with E-state index in [1.807, 2.05) is 6.20 Å². The highest BCUT2D eigenvalue weighted by molar-refractivity contribution is 5.51. The molecule has 2 aliphatic heterocycles. The minimum Gasteiger partial charge on any atom is -0.376 e. The van der Waals surface area contributed by atoms with Gasteiger partial charge in [-0.05, 0) is 5.57 Å². The van der Waals surface area contributed by atoms with Crippen LogP contribution in [0.15, 0.2) is 11.8 Å². The third-order valence-corrected chi connectivity index (χ3v) is 2.01. The van der Waals surface area contributed by atoms with Crippen molar-refractivity contribution in [3.63, 3.8) is 0 Å². The molecule has 0 aliphatic carbocycles. The van der Waals surface area contributed by atoms with Crippen molar-refractivity contribution >= 4 is 6.41 Å². The average Bonchev–Trinajstić information content (AvgIpc) is 2.42. The normalized spacial score (nSPS) is 30.2. The first-order valence-electron chi connectivity index (χ1n) is 3.39. The molecule has 2 aliphatic rings. The Morgan fingerprint density at radius 3 is 3.40 bits per heavy atom. The Morgan fingerprint density at radius 2 is 2.70 bits per heavy atom. The number of ether oxygens (including phenoxy) is 1. The summed E-state index contributed by atoms with van der Waals surface area (Å²) in [6.45, 7) is 2.32. The Morgan fingerprint density at radius 1 is 1.80 bits per heavy atom. The topological polar surface area (TPSA) is 29.5 Å².